The number of hydrogen-bond acceptors (Lipinski definition) is 2. The van der Waals surface area contributed by atoms with E-state index in [-0.39, 0.29) is 29.7 Å². The minimum Gasteiger partial charge on any atom is -0.449 e. The Kier molecular flexibility index (Phi) is 4.22. The van der Waals surface area contributed by atoms with Crippen molar-refractivity contribution in [1.82, 2.24) is 5.32 Å². The smallest absolute Gasteiger partial charge is 0.407 e. The zero-order valence-electron chi connectivity index (χ0n) is 10.6. The second kappa shape index (κ2) is 5.14. The predicted molar refractivity (Wildman–Crippen MR) is 69.4 cm³/mol. The number of benzene rings is 1. The second-order valence-electron chi connectivity index (χ2n) is 5.10. The first kappa shape index (κ1) is 14.8. The van der Waals surface area contributed by atoms with Crippen molar-refractivity contribution in [3.63, 3.8) is 0 Å². The quantitative estimate of drug-likeness (QED) is 0.852. The van der Waals surface area contributed by atoms with Gasteiger partial charge in [0.05, 0.1) is 6.04 Å². The Morgan fingerprint density at radius 2 is 2.11 bits per heavy atom. The van der Waals surface area contributed by atoms with Crippen molar-refractivity contribution in [3.8, 4) is 0 Å². The largest absolute Gasteiger partial charge is 0.449 e. The molecule has 1 amide bonds. The number of cyclic esters (lactones) is 1. The highest BCUT2D eigenvalue weighted by Crippen LogP contribution is 2.37. The number of ether oxygens (including phenoxy) is 1. The molecule has 1 aliphatic rings. The Bertz CT molecular complexity index is 462. The summed E-state index contributed by atoms with van der Waals surface area (Å²) in [6.45, 7) is 6.03. The van der Waals surface area contributed by atoms with E-state index >= 15 is 0 Å². The fourth-order valence-corrected chi connectivity index (χ4v) is 2.13. The van der Waals surface area contributed by atoms with Gasteiger partial charge in [0.1, 0.15) is 12.4 Å². The first-order valence-corrected chi connectivity index (χ1v) is 5.60. The molecule has 1 aromatic carbocycles. The van der Waals surface area contributed by atoms with Crippen LogP contribution in [0.25, 0.3) is 0 Å². The minimum atomic E-state index is -0.446. The van der Waals surface area contributed by atoms with Crippen molar-refractivity contribution in [2.75, 3.05) is 6.61 Å². The van der Waals surface area contributed by atoms with Crippen LogP contribution in [-0.2, 0) is 4.74 Å². The number of alkyl carbamates (subject to hydrolysis) is 1. The van der Waals surface area contributed by atoms with Crippen LogP contribution in [0.1, 0.15) is 31.0 Å². The van der Waals surface area contributed by atoms with Crippen LogP contribution < -0.4 is 5.32 Å². The molecule has 1 aliphatic heterocycles. The van der Waals surface area contributed by atoms with Crippen molar-refractivity contribution < 1.29 is 13.9 Å². The molecule has 0 aromatic heterocycles. The molecule has 5 heteroatoms. The summed E-state index contributed by atoms with van der Waals surface area (Å²) >= 11 is 0. The summed E-state index contributed by atoms with van der Waals surface area (Å²) in [6.07, 6.45) is -0.446. The Hall–Kier alpha value is -1.29. The summed E-state index contributed by atoms with van der Waals surface area (Å²) in [7, 11) is 0. The molecule has 1 aromatic rings. The lowest BCUT2D eigenvalue weighted by Crippen LogP contribution is -2.47. The van der Waals surface area contributed by atoms with Crippen LogP contribution in [0, 0.1) is 18.2 Å². The molecule has 0 unspecified atom stereocenters. The Labute approximate surface area is 112 Å². The summed E-state index contributed by atoms with van der Waals surface area (Å²) < 4.78 is 18.5. The molecule has 1 N–H and O–H groups in total. The number of halogens is 2. The topological polar surface area (TPSA) is 38.3 Å². The number of rotatable bonds is 1. The van der Waals surface area contributed by atoms with Gasteiger partial charge in [-0.15, -0.1) is 12.4 Å². The summed E-state index contributed by atoms with van der Waals surface area (Å²) in [5.74, 6) is -0.251. The molecular formula is C13H17ClFNO2. The van der Waals surface area contributed by atoms with E-state index in [0.29, 0.717) is 12.2 Å². The average molecular weight is 274 g/mol. The number of nitrogens with one attached hydrogen (secondary N) is 1. The molecule has 1 atom stereocenters. The van der Waals surface area contributed by atoms with Crippen molar-refractivity contribution in [2.45, 2.75) is 26.8 Å². The molecule has 0 bridgehead atoms. The maximum absolute atomic E-state index is 13.5. The van der Waals surface area contributed by atoms with Gasteiger partial charge in [0.15, 0.2) is 0 Å². The normalized spacial score (nSPS) is 21.6. The second-order valence-corrected chi connectivity index (χ2v) is 5.10. The van der Waals surface area contributed by atoms with Gasteiger partial charge in [-0.25, -0.2) is 9.18 Å². The first-order chi connectivity index (χ1) is 7.92. The molecule has 0 radical (unpaired) electrons. The molecule has 1 saturated heterocycles. The lowest BCUT2D eigenvalue weighted by atomic mass is 9.79. The summed E-state index contributed by atoms with van der Waals surface area (Å²) in [5, 5.41) is 2.76. The molecule has 1 fully saturated rings. The molecule has 18 heavy (non-hydrogen) atoms. The summed E-state index contributed by atoms with van der Waals surface area (Å²) in [4.78, 5) is 11.3. The predicted octanol–water partition coefficient (Wildman–Crippen LogP) is 3.36. The Morgan fingerprint density at radius 3 is 2.78 bits per heavy atom. The monoisotopic (exact) mass is 273 g/mol. The summed E-state index contributed by atoms with van der Waals surface area (Å²) in [5.41, 5.74) is 1.13. The van der Waals surface area contributed by atoms with Crippen molar-refractivity contribution in [1.29, 1.82) is 0 Å². The summed E-state index contributed by atoms with van der Waals surface area (Å²) in [6, 6.07) is 4.71. The minimum absolute atomic E-state index is 0. The van der Waals surface area contributed by atoms with Crippen LogP contribution >= 0.6 is 12.4 Å². The lowest BCUT2D eigenvalue weighted by Gasteiger charge is -2.39. The van der Waals surface area contributed by atoms with Gasteiger partial charge in [0.2, 0.25) is 0 Å². The van der Waals surface area contributed by atoms with Crippen LogP contribution in [-0.4, -0.2) is 12.7 Å². The van der Waals surface area contributed by atoms with Gasteiger partial charge in [-0.05, 0) is 24.1 Å². The fourth-order valence-electron chi connectivity index (χ4n) is 2.13. The molecular weight excluding hydrogens is 257 g/mol. The van der Waals surface area contributed by atoms with Crippen molar-refractivity contribution >= 4 is 18.5 Å². The van der Waals surface area contributed by atoms with Gasteiger partial charge in [0.25, 0.3) is 0 Å². The number of carbonyl (C=O) groups is 1. The van der Waals surface area contributed by atoms with Crippen LogP contribution in [0.2, 0.25) is 0 Å². The Balaban J connectivity index is 0.00000162. The molecule has 0 spiro atoms. The van der Waals surface area contributed by atoms with Crippen LogP contribution in [0.4, 0.5) is 9.18 Å². The molecule has 100 valence electrons. The van der Waals surface area contributed by atoms with E-state index in [0.717, 1.165) is 5.56 Å². The molecule has 1 heterocycles. The van der Waals surface area contributed by atoms with E-state index in [1.807, 2.05) is 19.9 Å². The number of hydrogen-bond donors (Lipinski definition) is 1. The maximum atomic E-state index is 13.5. The standard InChI is InChI=1S/C13H16FNO2.ClH/c1-8-9(5-4-6-10(8)14)11-13(2,3)7-17-12(16)15-11;/h4-6,11H,7H2,1-3H3,(H,15,16);1H/t11-;/m1./s1. The van der Waals surface area contributed by atoms with Gasteiger partial charge >= 0.3 is 6.09 Å². The highest BCUT2D eigenvalue weighted by atomic mass is 35.5. The number of amides is 1. The van der Waals surface area contributed by atoms with Crippen LogP contribution in [0.3, 0.4) is 0 Å². The first-order valence-electron chi connectivity index (χ1n) is 5.60. The maximum Gasteiger partial charge on any atom is 0.407 e. The van der Waals surface area contributed by atoms with Gasteiger partial charge in [-0.1, -0.05) is 26.0 Å². The van der Waals surface area contributed by atoms with E-state index < -0.39 is 6.09 Å². The van der Waals surface area contributed by atoms with Crippen molar-refractivity contribution in [2.24, 2.45) is 5.41 Å². The van der Waals surface area contributed by atoms with E-state index in [4.69, 9.17) is 4.74 Å². The third kappa shape index (κ3) is 2.58. The lowest BCUT2D eigenvalue weighted by molar-refractivity contribution is 0.0385. The zero-order chi connectivity index (χ0) is 12.6. The molecule has 2 rings (SSSR count). The van der Waals surface area contributed by atoms with Gasteiger partial charge in [0, 0.05) is 5.41 Å². The molecule has 0 aliphatic carbocycles. The number of carbonyl (C=O) groups excluding carboxylic acids is 1. The van der Waals surface area contributed by atoms with Crippen molar-refractivity contribution in [3.05, 3.63) is 35.1 Å². The van der Waals surface area contributed by atoms with Crippen LogP contribution in [0.5, 0.6) is 0 Å². The average Bonchev–Trinajstić information content (AvgIpc) is 2.26. The van der Waals surface area contributed by atoms with Gasteiger partial charge in [-0.3, -0.25) is 0 Å². The van der Waals surface area contributed by atoms with Crippen LogP contribution in [0.15, 0.2) is 18.2 Å². The van der Waals surface area contributed by atoms with Gasteiger partial charge < -0.3 is 10.1 Å². The third-order valence-corrected chi connectivity index (χ3v) is 3.24. The molecule has 0 saturated carbocycles. The van der Waals surface area contributed by atoms with E-state index in [9.17, 15) is 9.18 Å². The zero-order valence-corrected chi connectivity index (χ0v) is 11.4. The molecule has 3 nitrogen and oxygen atoms in total. The highest BCUT2D eigenvalue weighted by Gasteiger charge is 2.38. The highest BCUT2D eigenvalue weighted by molar-refractivity contribution is 5.85. The van der Waals surface area contributed by atoms with E-state index in [1.165, 1.54) is 6.07 Å². The van der Waals surface area contributed by atoms with Gasteiger partial charge in [-0.2, -0.15) is 0 Å². The van der Waals surface area contributed by atoms with E-state index in [2.05, 4.69) is 5.32 Å². The Morgan fingerprint density at radius 1 is 1.44 bits per heavy atom. The third-order valence-electron chi connectivity index (χ3n) is 3.24. The SMILES string of the molecule is Cc1c(F)cccc1[C@H]1NC(=O)OCC1(C)C.Cl. The van der Waals surface area contributed by atoms with E-state index in [1.54, 1.807) is 13.0 Å². The fraction of sp³-hybridized carbons (Fsp3) is 0.462.